The molecule has 2 atom stereocenters. The average Bonchev–Trinajstić information content (AvgIpc) is 3.29. The van der Waals surface area contributed by atoms with Crippen molar-refractivity contribution in [2.45, 2.75) is 24.5 Å². The van der Waals surface area contributed by atoms with Gasteiger partial charge in [-0.15, -0.1) is 0 Å². The van der Waals surface area contributed by atoms with Gasteiger partial charge in [0.25, 0.3) is 0 Å². The second kappa shape index (κ2) is 9.45. The van der Waals surface area contributed by atoms with Crippen LogP contribution in [0, 0.1) is 0 Å². The lowest BCUT2D eigenvalue weighted by molar-refractivity contribution is -0.0138. The molecule has 0 bridgehead atoms. The molecule has 0 saturated heterocycles. The van der Waals surface area contributed by atoms with Gasteiger partial charge in [0.15, 0.2) is 0 Å². The smallest absolute Gasteiger partial charge is 0.315 e. The lowest BCUT2D eigenvalue weighted by atomic mass is 9.79. The number of pyridine rings is 1. The highest BCUT2D eigenvalue weighted by atomic mass is 16.7. The van der Waals surface area contributed by atoms with Crippen LogP contribution in [0.2, 0.25) is 0 Å². The molecule has 0 radical (unpaired) electrons. The number of carbonyl (C=O) groups is 1. The van der Waals surface area contributed by atoms with Crippen molar-refractivity contribution in [3.05, 3.63) is 114 Å². The Labute approximate surface area is 182 Å². The van der Waals surface area contributed by atoms with Crippen LogP contribution < -0.4 is 16.1 Å². The van der Waals surface area contributed by atoms with Crippen molar-refractivity contribution >= 4 is 6.03 Å². The number of urea groups is 1. The van der Waals surface area contributed by atoms with Crippen LogP contribution in [-0.2, 0) is 23.2 Å². The van der Waals surface area contributed by atoms with Gasteiger partial charge in [0.1, 0.15) is 11.6 Å². The molecule has 1 aromatic heterocycles. The van der Waals surface area contributed by atoms with Crippen LogP contribution >= 0.6 is 0 Å². The third-order valence-corrected chi connectivity index (χ3v) is 5.46. The summed E-state index contributed by atoms with van der Waals surface area (Å²) in [6, 6.07) is 23.8. The number of aromatic nitrogens is 1. The Morgan fingerprint density at radius 1 is 1.03 bits per heavy atom. The summed E-state index contributed by atoms with van der Waals surface area (Å²) >= 11 is 0. The van der Waals surface area contributed by atoms with Crippen molar-refractivity contribution in [1.29, 1.82) is 0 Å². The van der Waals surface area contributed by atoms with E-state index >= 15 is 0 Å². The zero-order chi connectivity index (χ0) is 21.5. The number of hydroxylamine groups is 1. The van der Waals surface area contributed by atoms with E-state index in [9.17, 15) is 4.79 Å². The number of hydrogen-bond donors (Lipinski definition) is 3. The minimum atomic E-state index is -0.860. The lowest BCUT2D eigenvalue weighted by Crippen LogP contribution is -2.57. The van der Waals surface area contributed by atoms with Crippen LogP contribution in [-0.4, -0.2) is 24.2 Å². The second-order valence-corrected chi connectivity index (χ2v) is 7.57. The first-order valence-electron chi connectivity index (χ1n) is 10.3. The Kier molecular flexibility index (Phi) is 6.29. The third kappa shape index (κ3) is 4.75. The highest BCUT2D eigenvalue weighted by Gasteiger charge is 2.44. The molecule has 0 saturated carbocycles. The molecule has 2 unspecified atom stereocenters. The maximum atomic E-state index is 12.6. The van der Waals surface area contributed by atoms with Gasteiger partial charge < -0.3 is 10.6 Å². The fraction of sp³-hybridized carbons (Fsp3) is 0.200. The average molecular weight is 415 g/mol. The maximum absolute atomic E-state index is 12.6. The normalized spacial score (nSPS) is 17.2. The van der Waals surface area contributed by atoms with Gasteiger partial charge in [0, 0.05) is 38.0 Å². The molecule has 1 aliphatic rings. The van der Waals surface area contributed by atoms with Crippen molar-refractivity contribution < 1.29 is 9.63 Å². The summed E-state index contributed by atoms with van der Waals surface area (Å²) in [4.78, 5) is 23.0. The molecule has 2 aromatic carbocycles. The topological polar surface area (TPSA) is 75.3 Å². The predicted octanol–water partition coefficient (Wildman–Crippen LogP) is 3.48. The molecule has 6 nitrogen and oxygen atoms in total. The van der Waals surface area contributed by atoms with Crippen LogP contribution in [0.1, 0.15) is 16.7 Å². The first kappa shape index (κ1) is 20.6. The molecular formula is C25H26N4O2. The highest BCUT2D eigenvalue weighted by Crippen LogP contribution is 2.34. The highest BCUT2D eigenvalue weighted by molar-refractivity contribution is 5.75. The van der Waals surface area contributed by atoms with Crippen LogP contribution in [0.25, 0.3) is 0 Å². The number of hydrogen-bond acceptors (Lipinski definition) is 4. The van der Waals surface area contributed by atoms with Crippen molar-refractivity contribution in [3.8, 4) is 0 Å². The number of rotatable bonds is 7. The van der Waals surface area contributed by atoms with Gasteiger partial charge in [-0.2, -0.15) is 0 Å². The van der Waals surface area contributed by atoms with Crippen molar-refractivity contribution in [2.75, 3.05) is 7.05 Å². The summed E-state index contributed by atoms with van der Waals surface area (Å²) < 4.78 is 0. The Morgan fingerprint density at radius 2 is 1.74 bits per heavy atom. The Morgan fingerprint density at radius 3 is 2.39 bits per heavy atom. The van der Waals surface area contributed by atoms with Crippen molar-refractivity contribution in [3.63, 3.8) is 0 Å². The van der Waals surface area contributed by atoms with E-state index < -0.39 is 11.6 Å². The summed E-state index contributed by atoms with van der Waals surface area (Å²) in [6.07, 6.45) is 6.37. The number of nitrogens with one attached hydrogen (secondary N) is 3. The van der Waals surface area contributed by atoms with Gasteiger partial charge in [-0.05, 0) is 28.8 Å². The molecule has 3 aromatic rings. The predicted molar refractivity (Wildman–Crippen MR) is 120 cm³/mol. The summed E-state index contributed by atoms with van der Waals surface area (Å²) in [7, 11) is 1.61. The zero-order valence-electron chi connectivity index (χ0n) is 17.4. The largest absolute Gasteiger partial charge is 0.341 e. The number of nitrogens with zero attached hydrogens (tertiary/aromatic N) is 1. The first-order chi connectivity index (χ1) is 15.2. The summed E-state index contributed by atoms with van der Waals surface area (Å²) in [5.74, 6) is 0. The van der Waals surface area contributed by atoms with Crippen LogP contribution in [0.4, 0.5) is 4.79 Å². The van der Waals surface area contributed by atoms with Gasteiger partial charge in [0.2, 0.25) is 0 Å². The monoisotopic (exact) mass is 414 g/mol. The minimum absolute atomic E-state index is 0.284. The van der Waals surface area contributed by atoms with Crippen molar-refractivity contribution in [2.24, 2.45) is 0 Å². The van der Waals surface area contributed by atoms with E-state index in [2.05, 4.69) is 39.3 Å². The van der Waals surface area contributed by atoms with E-state index in [1.54, 1.807) is 19.4 Å². The van der Waals surface area contributed by atoms with E-state index in [4.69, 9.17) is 4.84 Å². The molecule has 158 valence electrons. The summed E-state index contributed by atoms with van der Waals surface area (Å²) in [5, 5.41) is 5.85. The Balaban J connectivity index is 1.74. The first-order valence-corrected chi connectivity index (χ1v) is 10.3. The quantitative estimate of drug-likeness (QED) is 0.553. The molecule has 1 aliphatic heterocycles. The lowest BCUT2D eigenvalue weighted by Gasteiger charge is -2.38. The third-order valence-electron chi connectivity index (χ3n) is 5.46. The van der Waals surface area contributed by atoms with E-state index in [0.29, 0.717) is 12.8 Å². The fourth-order valence-electron chi connectivity index (χ4n) is 3.91. The van der Waals surface area contributed by atoms with Crippen LogP contribution in [0.15, 0.2) is 97.0 Å². The molecule has 0 spiro atoms. The zero-order valence-corrected chi connectivity index (χ0v) is 17.4. The molecule has 2 amide bonds. The second-order valence-electron chi connectivity index (χ2n) is 7.57. The molecule has 2 heterocycles. The van der Waals surface area contributed by atoms with E-state index in [-0.39, 0.29) is 6.03 Å². The molecule has 6 heteroatoms. The molecule has 31 heavy (non-hydrogen) atoms. The van der Waals surface area contributed by atoms with E-state index in [0.717, 1.165) is 16.8 Å². The number of benzene rings is 2. The van der Waals surface area contributed by atoms with Gasteiger partial charge in [-0.25, -0.2) is 4.79 Å². The van der Waals surface area contributed by atoms with E-state index in [1.165, 1.54) is 5.56 Å². The van der Waals surface area contributed by atoms with Gasteiger partial charge in [-0.1, -0.05) is 66.7 Å². The molecular weight excluding hydrogens is 388 g/mol. The SMILES string of the molecule is CNC(=O)NC(Cc1ccccc1)(c1cccnc1)C1C=C(Cc2ccccc2)NO1. The maximum Gasteiger partial charge on any atom is 0.315 e. The van der Waals surface area contributed by atoms with Gasteiger partial charge in [-0.3, -0.25) is 15.3 Å². The van der Waals surface area contributed by atoms with Gasteiger partial charge in [0.05, 0.1) is 0 Å². The molecule has 3 N–H and O–H groups in total. The van der Waals surface area contributed by atoms with Crippen molar-refractivity contribution in [1.82, 2.24) is 21.1 Å². The Bertz CT molecular complexity index is 1030. The molecule has 0 aliphatic carbocycles. The van der Waals surface area contributed by atoms with Crippen LogP contribution in [0.5, 0.6) is 0 Å². The number of amides is 2. The van der Waals surface area contributed by atoms with Crippen LogP contribution in [0.3, 0.4) is 0 Å². The standard InChI is InChI=1S/C25H26N4O2/c1-26-24(30)28-25(21-13-8-14-27-18-21,17-20-11-6-3-7-12-20)23-16-22(29-31-23)15-19-9-4-2-5-10-19/h2-14,16,18,23,29H,15,17H2,1H3,(H2,26,28,30). The molecule has 0 fully saturated rings. The summed E-state index contributed by atoms with van der Waals surface area (Å²) in [6.45, 7) is 0. The summed E-state index contributed by atoms with van der Waals surface area (Å²) in [5.41, 5.74) is 6.30. The fourth-order valence-corrected chi connectivity index (χ4v) is 3.91. The number of carbonyl (C=O) groups excluding carboxylic acids is 1. The number of allylic oxidation sites excluding steroid dienone is 1. The Hall–Kier alpha value is -3.64. The van der Waals surface area contributed by atoms with Gasteiger partial charge >= 0.3 is 6.03 Å². The molecule has 4 rings (SSSR count). The van der Waals surface area contributed by atoms with E-state index in [1.807, 2.05) is 60.7 Å². The minimum Gasteiger partial charge on any atom is -0.341 e.